The largest absolute Gasteiger partial charge is 0.379 e. The van der Waals surface area contributed by atoms with E-state index in [9.17, 15) is 0 Å². The van der Waals surface area contributed by atoms with E-state index in [-0.39, 0.29) is 5.60 Å². The van der Waals surface area contributed by atoms with Gasteiger partial charge in [0.2, 0.25) is 0 Å². The Labute approximate surface area is 113 Å². The SMILES string of the molecule is CCCNC1CCCCC1OCCC(C)(C)OC. The number of hydrogen-bond acceptors (Lipinski definition) is 3. The van der Waals surface area contributed by atoms with Gasteiger partial charge in [-0.3, -0.25) is 0 Å². The zero-order valence-corrected chi connectivity index (χ0v) is 12.6. The third-order valence-corrected chi connectivity index (χ3v) is 3.95. The molecule has 18 heavy (non-hydrogen) atoms. The molecule has 1 aliphatic carbocycles. The van der Waals surface area contributed by atoms with Crippen molar-refractivity contribution in [3.8, 4) is 0 Å². The summed E-state index contributed by atoms with van der Waals surface area (Å²) in [4.78, 5) is 0. The number of methoxy groups -OCH3 is 1. The highest BCUT2D eigenvalue weighted by Gasteiger charge is 2.26. The molecule has 1 saturated carbocycles. The first-order chi connectivity index (χ1) is 8.59. The molecule has 0 aromatic rings. The van der Waals surface area contributed by atoms with Crippen molar-refractivity contribution in [3.63, 3.8) is 0 Å². The van der Waals surface area contributed by atoms with Crippen LogP contribution in [0.1, 0.15) is 59.3 Å². The predicted molar refractivity (Wildman–Crippen MR) is 76.0 cm³/mol. The normalized spacial score (nSPS) is 25.3. The monoisotopic (exact) mass is 257 g/mol. The molecule has 108 valence electrons. The van der Waals surface area contributed by atoms with E-state index in [1.807, 2.05) is 0 Å². The van der Waals surface area contributed by atoms with Crippen LogP contribution in [0.2, 0.25) is 0 Å². The Kier molecular flexibility index (Phi) is 7.20. The van der Waals surface area contributed by atoms with E-state index < -0.39 is 0 Å². The van der Waals surface area contributed by atoms with Crippen LogP contribution in [-0.4, -0.2) is 38.0 Å². The lowest BCUT2D eigenvalue weighted by atomic mass is 9.92. The van der Waals surface area contributed by atoms with Crippen molar-refractivity contribution in [2.45, 2.75) is 77.0 Å². The molecular weight excluding hydrogens is 226 g/mol. The molecular formula is C15H31NO2. The van der Waals surface area contributed by atoms with Crippen LogP contribution < -0.4 is 5.32 Å². The first-order valence-electron chi connectivity index (χ1n) is 7.49. The van der Waals surface area contributed by atoms with E-state index >= 15 is 0 Å². The molecule has 2 unspecified atom stereocenters. The Balaban J connectivity index is 2.28. The minimum atomic E-state index is -0.0684. The van der Waals surface area contributed by atoms with Gasteiger partial charge in [0.1, 0.15) is 0 Å². The van der Waals surface area contributed by atoms with Gasteiger partial charge in [0, 0.05) is 19.8 Å². The molecule has 0 aliphatic heterocycles. The molecule has 0 amide bonds. The van der Waals surface area contributed by atoms with Crippen LogP contribution in [0.4, 0.5) is 0 Å². The van der Waals surface area contributed by atoms with E-state index in [1.54, 1.807) is 7.11 Å². The summed E-state index contributed by atoms with van der Waals surface area (Å²) in [5, 5.41) is 3.63. The van der Waals surface area contributed by atoms with Gasteiger partial charge in [0.15, 0.2) is 0 Å². The zero-order chi connectivity index (χ0) is 13.4. The van der Waals surface area contributed by atoms with Crippen LogP contribution in [0.15, 0.2) is 0 Å². The van der Waals surface area contributed by atoms with Crippen LogP contribution in [0.3, 0.4) is 0 Å². The number of nitrogens with one attached hydrogen (secondary N) is 1. The van der Waals surface area contributed by atoms with Crippen LogP contribution in [0, 0.1) is 0 Å². The fourth-order valence-corrected chi connectivity index (χ4v) is 2.42. The Morgan fingerprint density at radius 2 is 1.94 bits per heavy atom. The Morgan fingerprint density at radius 3 is 2.61 bits per heavy atom. The lowest BCUT2D eigenvalue weighted by molar-refractivity contribution is -0.0429. The average molecular weight is 257 g/mol. The molecule has 3 nitrogen and oxygen atoms in total. The minimum absolute atomic E-state index is 0.0684. The van der Waals surface area contributed by atoms with Gasteiger partial charge in [-0.1, -0.05) is 19.8 Å². The maximum atomic E-state index is 6.09. The first-order valence-corrected chi connectivity index (χ1v) is 7.49. The van der Waals surface area contributed by atoms with E-state index in [4.69, 9.17) is 9.47 Å². The van der Waals surface area contributed by atoms with Gasteiger partial charge in [-0.2, -0.15) is 0 Å². The molecule has 0 aromatic carbocycles. The molecule has 2 atom stereocenters. The molecule has 1 fully saturated rings. The molecule has 0 aromatic heterocycles. The van der Waals surface area contributed by atoms with Gasteiger partial charge in [-0.25, -0.2) is 0 Å². The van der Waals surface area contributed by atoms with Crippen LogP contribution in [0.25, 0.3) is 0 Å². The zero-order valence-electron chi connectivity index (χ0n) is 12.6. The summed E-state index contributed by atoms with van der Waals surface area (Å²) in [6.07, 6.45) is 7.67. The summed E-state index contributed by atoms with van der Waals surface area (Å²) in [6.45, 7) is 8.35. The standard InChI is InChI=1S/C15H31NO2/c1-5-11-16-13-8-6-7-9-14(13)18-12-10-15(2,3)17-4/h13-14,16H,5-12H2,1-4H3. The Bertz CT molecular complexity index is 219. The summed E-state index contributed by atoms with van der Waals surface area (Å²) in [7, 11) is 1.77. The fraction of sp³-hybridized carbons (Fsp3) is 1.00. The second kappa shape index (κ2) is 8.13. The van der Waals surface area contributed by atoms with Crippen LogP contribution >= 0.6 is 0 Å². The van der Waals surface area contributed by atoms with Gasteiger partial charge in [0.25, 0.3) is 0 Å². The third-order valence-electron chi connectivity index (χ3n) is 3.95. The van der Waals surface area contributed by atoms with Gasteiger partial charge in [0.05, 0.1) is 11.7 Å². The first kappa shape index (κ1) is 15.9. The summed E-state index contributed by atoms with van der Waals surface area (Å²) >= 11 is 0. The van der Waals surface area contributed by atoms with E-state index in [2.05, 4.69) is 26.1 Å². The smallest absolute Gasteiger partial charge is 0.0728 e. The van der Waals surface area contributed by atoms with Gasteiger partial charge >= 0.3 is 0 Å². The lowest BCUT2D eigenvalue weighted by Gasteiger charge is -2.33. The van der Waals surface area contributed by atoms with E-state index in [0.717, 1.165) is 19.6 Å². The average Bonchev–Trinajstić information content (AvgIpc) is 2.37. The number of rotatable bonds is 8. The van der Waals surface area contributed by atoms with Crippen molar-refractivity contribution < 1.29 is 9.47 Å². The maximum absolute atomic E-state index is 6.09. The highest BCUT2D eigenvalue weighted by atomic mass is 16.5. The molecule has 0 spiro atoms. The highest BCUT2D eigenvalue weighted by Crippen LogP contribution is 2.22. The summed E-state index contributed by atoms with van der Waals surface area (Å²) in [5.74, 6) is 0. The summed E-state index contributed by atoms with van der Waals surface area (Å²) < 4.78 is 11.5. The molecule has 0 radical (unpaired) electrons. The Morgan fingerprint density at radius 1 is 1.22 bits per heavy atom. The van der Waals surface area contributed by atoms with Crippen molar-refractivity contribution >= 4 is 0 Å². The van der Waals surface area contributed by atoms with Gasteiger partial charge < -0.3 is 14.8 Å². The Hall–Kier alpha value is -0.120. The number of ether oxygens (including phenoxy) is 2. The van der Waals surface area contributed by atoms with Crippen molar-refractivity contribution in [2.24, 2.45) is 0 Å². The highest BCUT2D eigenvalue weighted by molar-refractivity contribution is 4.82. The topological polar surface area (TPSA) is 30.5 Å². The van der Waals surface area contributed by atoms with Gasteiger partial charge in [-0.05, 0) is 46.1 Å². The van der Waals surface area contributed by atoms with E-state index in [1.165, 1.54) is 32.1 Å². The van der Waals surface area contributed by atoms with Crippen molar-refractivity contribution in [1.82, 2.24) is 5.32 Å². The molecule has 3 heteroatoms. The molecule has 0 heterocycles. The minimum Gasteiger partial charge on any atom is -0.379 e. The van der Waals surface area contributed by atoms with Crippen LogP contribution in [-0.2, 0) is 9.47 Å². The molecule has 1 N–H and O–H groups in total. The summed E-state index contributed by atoms with van der Waals surface area (Å²) in [6, 6.07) is 0.560. The molecule has 0 saturated heterocycles. The van der Waals surface area contributed by atoms with E-state index in [0.29, 0.717) is 12.1 Å². The second-order valence-electron chi connectivity index (χ2n) is 5.97. The van der Waals surface area contributed by atoms with Crippen molar-refractivity contribution in [1.29, 1.82) is 0 Å². The van der Waals surface area contributed by atoms with Crippen LogP contribution in [0.5, 0.6) is 0 Å². The molecule has 1 rings (SSSR count). The second-order valence-corrected chi connectivity index (χ2v) is 5.97. The predicted octanol–water partition coefficient (Wildman–Crippen LogP) is 3.13. The van der Waals surface area contributed by atoms with Crippen molar-refractivity contribution in [2.75, 3.05) is 20.3 Å². The fourth-order valence-electron chi connectivity index (χ4n) is 2.42. The summed E-state index contributed by atoms with van der Waals surface area (Å²) in [5.41, 5.74) is -0.0684. The number of hydrogen-bond donors (Lipinski definition) is 1. The third kappa shape index (κ3) is 5.68. The lowest BCUT2D eigenvalue weighted by Crippen LogP contribution is -2.44. The maximum Gasteiger partial charge on any atom is 0.0728 e. The molecule has 1 aliphatic rings. The molecule has 0 bridgehead atoms. The van der Waals surface area contributed by atoms with Gasteiger partial charge in [-0.15, -0.1) is 0 Å². The quantitative estimate of drug-likeness (QED) is 0.724. The van der Waals surface area contributed by atoms with Crippen molar-refractivity contribution in [3.05, 3.63) is 0 Å².